The van der Waals surface area contributed by atoms with Crippen LogP contribution in [0.25, 0.3) is 0 Å². The Labute approximate surface area is 52.0 Å². The molecule has 0 aromatic heterocycles. The Bertz CT molecular complexity index is 49.7. The topological polar surface area (TPSA) is 46.2 Å². The summed E-state index contributed by atoms with van der Waals surface area (Å²) in [6.07, 6.45) is 4.28. The Morgan fingerprint density at radius 3 is 2.50 bits per heavy atom. The third-order valence-corrected chi connectivity index (χ3v) is 1.77. The fraction of sp³-hybridized carbons (Fsp3) is 1.00. The van der Waals surface area contributed by atoms with E-state index in [-0.39, 0.29) is 0 Å². The molecular formula is C5H14NOP. The Hall–Kier alpha value is 0.350. The van der Waals surface area contributed by atoms with E-state index in [0.29, 0.717) is 0 Å². The lowest BCUT2D eigenvalue weighted by Crippen LogP contribution is -1.91. The van der Waals surface area contributed by atoms with E-state index in [1.807, 2.05) is 0 Å². The highest BCUT2D eigenvalue weighted by Gasteiger charge is 1.92. The molecule has 0 amide bonds. The fourth-order valence-corrected chi connectivity index (χ4v) is 1.07. The maximum Gasteiger partial charge on any atom is 0.0949 e. The van der Waals surface area contributed by atoms with Gasteiger partial charge in [0.1, 0.15) is 0 Å². The number of unbranched alkanes of at least 4 members (excludes halogenated alkanes) is 2. The molecule has 8 heavy (non-hydrogen) atoms. The molecule has 0 heterocycles. The summed E-state index contributed by atoms with van der Waals surface area (Å²) in [4.78, 5) is 8.62. The van der Waals surface area contributed by atoms with Gasteiger partial charge < -0.3 is 4.89 Å². The molecular weight excluding hydrogens is 121 g/mol. The summed E-state index contributed by atoms with van der Waals surface area (Å²) in [5, 5.41) is 0. The van der Waals surface area contributed by atoms with Crippen molar-refractivity contribution in [2.24, 2.45) is 5.50 Å². The van der Waals surface area contributed by atoms with Gasteiger partial charge in [-0.1, -0.05) is 19.8 Å². The average Bonchev–Trinajstić information content (AvgIpc) is 1.66. The Balaban J connectivity index is 2.72. The second-order valence-electron chi connectivity index (χ2n) is 1.87. The summed E-state index contributed by atoms with van der Waals surface area (Å²) in [6, 6.07) is 0. The second kappa shape index (κ2) is 5.49. The number of hydrogen-bond acceptors (Lipinski definition) is 2. The van der Waals surface area contributed by atoms with Gasteiger partial charge in [0.2, 0.25) is 0 Å². The molecule has 3 N–H and O–H groups in total. The summed E-state index contributed by atoms with van der Waals surface area (Å²) in [5.74, 6) is 0. The fourth-order valence-electron chi connectivity index (χ4n) is 0.524. The van der Waals surface area contributed by atoms with Gasteiger partial charge in [0.05, 0.1) is 8.30 Å². The van der Waals surface area contributed by atoms with Crippen LogP contribution in [-0.4, -0.2) is 11.1 Å². The molecule has 0 aliphatic carbocycles. The van der Waals surface area contributed by atoms with Crippen molar-refractivity contribution in [1.82, 2.24) is 0 Å². The lowest BCUT2D eigenvalue weighted by Gasteiger charge is -1.99. The zero-order valence-electron chi connectivity index (χ0n) is 5.30. The molecule has 0 bridgehead atoms. The molecule has 0 rings (SSSR count). The van der Waals surface area contributed by atoms with Crippen molar-refractivity contribution in [1.29, 1.82) is 0 Å². The molecule has 3 heteroatoms. The van der Waals surface area contributed by atoms with Gasteiger partial charge in [0, 0.05) is 6.16 Å². The zero-order valence-corrected chi connectivity index (χ0v) is 6.19. The van der Waals surface area contributed by atoms with Crippen LogP contribution in [0, 0.1) is 0 Å². The zero-order chi connectivity index (χ0) is 6.41. The minimum atomic E-state index is -1.11. The molecule has 2 nitrogen and oxygen atoms in total. The molecule has 0 radical (unpaired) electrons. The molecule has 0 saturated heterocycles. The highest BCUT2D eigenvalue weighted by atomic mass is 31.2. The molecule has 0 saturated carbocycles. The van der Waals surface area contributed by atoms with Gasteiger partial charge in [-0.25, -0.2) is 0 Å². The lowest BCUT2D eigenvalue weighted by molar-refractivity contribution is 0.617. The predicted molar refractivity (Wildman–Crippen MR) is 37.7 cm³/mol. The first-order valence-electron chi connectivity index (χ1n) is 2.98. The molecule has 1 unspecified atom stereocenters. The van der Waals surface area contributed by atoms with Crippen LogP contribution in [-0.2, 0) is 0 Å². The first-order chi connectivity index (χ1) is 3.77. The van der Waals surface area contributed by atoms with Crippen LogP contribution < -0.4 is 5.50 Å². The van der Waals surface area contributed by atoms with E-state index in [1.54, 1.807) is 0 Å². The monoisotopic (exact) mass is 135 g/mol. The van der Waals surface area contributed by atoms with E-state index in [9.17, 15) is 0 Å². The predicted octanol–water partition coefficient (Wildman–Crippen LogP) is 1.44. The summed E-state index contributed by atoms with van der Waals surface area (Å²) < 4.78 is 0. The van der Waals surface area contributed by atoms with Crippen molar-refractivity contribution < 1.29 is 4.89 Å². The van der Waals surface area contributed by atoms with Crippen molar-refractivity contribution in [2.45, 2.75) is 26.2 Å². The molecule has 0 aromatic carbocycles. The number of rotatable bonds is 4. The van der Waals surface area contributed by atoms with E-state index >= 15 is 0 Å². The van der Waals surface area contributed by atoms with E-state index < -0.39 is 8.30 Å². The number of hydrogen-bond donors (Lipinski definition) is 2. The van der Waals surface area contributed by atoms with Crippen LogP contribution in [0.3, 0.4) is 0 Å². The minimum absolute atomic E-state index is 0.809. The van der Waals surface area contributed by atoms with Gasteiger partial charge in [0.25, 0.3) is 0 Å². The van der Waals surface area contributed by atoms with E-state index in [2.05, 4.69) is 6.92 Å². The van der Waals surface area contributed by atoms with Gasteiger partial charge in [-0.15, -0.1) is 0 Å². The van der Waals surface area contributed by atoms with Crippen molar-refractivity contribution in [3.8, 4) is 0 Å². The third-order valence-electron chi connectivity index (χ3n) is 0.991. The molecule has 0 aromatic rings. The molecule has 0 fully saturated rings. The van der Waals surface area contributed by atoms with Gasteiger partial charge in [-0.2, -0.15) is 0 Å². The largest absolute Gasteiger partial charge is 0.359 e. The van der Waals surface area contributed by atoms with Crippen LogP contribution in [0.4, 0.5) is 0 Å². The molecule has 0 spiro atoms. The van der Waals surface area contributed by atoms with Gasteiger partial charge in [0.15, 0.2) is 0 Å². The SMILES string of the molecule is CCCCCP(N)O. The molecule has 50 valence electrons. The second-order valence-corrected chi connectivity index (χ2v) is 3.20. The molecule has 1 atom stereocenters. The Kier molecular flexibility index (Phi) is 5.73. The van der Waals surface area contributed by atoms with Crippen LogP contribution in [0.15, 0.2) is 0 Å². The summed E-state index contributed by atoms with van der Waals surface area (Å²) in [6.45, 7) is 2.14. The van der Waals surface area contributed by atoms with E-state index in [1.165, 1.54) is 12.8 Å². The first-order valence-corrected chi connectivity index (χ1v) is 4.53. The van der Waals surface area contributed by atoms with Crippen molar-refractivity contribution in [2.75, 3.05) is 6.16 Å². The maximum absolute atomic E-state index is 8.62. The van der Waals surface area contributed by atoms with Crippen molar-refractivity contribution >= 4 is 8.30 Å². The van der Waals surface area contributed by atoms with Crippen LogP contribution >= 0.6 is 8.30 Å². The van der Waals surface area contributed by atoms with Crippen molar-refractivity contribution in [3.05, 3.63) is 0 Å². The normalized spacial score (nSPS) is 13.9. The smallest absolute Gasteiger partial charge is 0.0949 e. The maximum atomic E-state index is 8.62. The van der Waals surface area contributed by atoms with E-state index in [4.69, 9.17) is 10.4 Å². The average molecular weight is 135 g/mol. The third kappa shape index (κ3) is 6.35. The van der Waals surface area contributed by atoms with Crippen LogP contribution in [0.1, 0.15) is 26.2 Å². The molecule has 0 aliphatic heterocycles. The van der Waals surface area contributed by atoms with E-state index in [0.717, 1.165) is 12.6 Å². The van der Waals surface area contributed by atoms with Gasteiger partial charge in [-0.05, 0) is 6.42 Å². The standard InChI is InChI=1S/C5H14NOP/c1-2-3-4-5-8(6)7/h7H,2-6H2,1H3. The Morgan fingerprint density at radius 1 is 1.50 bits per heavy atom. The highest BCUT2D eigenvalue weighted by Crippen LogP contribution is 2.19. The quantitative estimate of drug-likeness (QED) is 0.452. The van der Waals surface area contributed by atoms with Crippen LogP contribution in [0.2, 0.25) is 0 Å². The van der Waals surface area contributed by atoms with Crippen LogP contribution in [0.5, 0.6) is 0 Å². The summed E-state index contributed by atoms with van der Waals surface area (Å²) in [5.41, 5.74) is 5.15. The first kappa shape index (κ1) is 8.35. The summed E-state index contributed by atoms with van der Waals surface area (Å²) in [7, 11) is -1.11. The highest BCUT2D eigenvalue weighted by molar-refractivity contribution is 7.48. The van der Waals surface area contributed by atoms with Gasteiger partial charge >= 0.3 is 0 Å². The molecule has 0 aliphatic rings. The minimum Gasteiger partial charge on any atom is -0.359 e. The Morgan fingerprint density at radius 2 is 2.12 bits per heavy atom. The summed E-state index contributed by atoms with van der Waals surface area (Å²) >= 11 is 0. The van der Waals surface area contributed by atoms with Crippen molar-refractivity contribution in [3.63, 3.8) is 0 Å². The lowest BCUT2D eigenvalue weighted by atomic mass is 10.3. The van der Waals surface area contributed by atoms with Gasteiger partial charge in [-0.3, -0.25) is 5.50 Å². The number of nitrogens with two attached hydrogens (primary N) is 1.